The van der Waals surface area contributed by atoms with Gasteiger partial charge in [-0.3, -0.25) is 9.69 Å². The molecule has 0 unspecified atom stereocenters. The van der Waals surface area contributed by atoms with Gasteiger partial charge in [0.15, 0.2) is 5.13 Å². The smallest absolute Gasteiger partial charge is 0.261 e. The molecule has 5 heteroatoms. The first kappa shape index (κ1) is 21.6. The van der Waals surface area contributed by atoms with Crippen molar-refractivity contribution < 1.29 is 4.79 Å². The lowest BCUT2D eigenvalue weighted by Gasteiger charge is -2.21. The van der Waals surface area contributed by atoms with E-state index in [0.717, 1.165) is 37.1 Å². The molecule has 0 aliphatic carbocycles. The van der Waals surface area contributed by atoms with Gasteiger partial charge in [0, 0.05) is 4.90 Å². The summed E-state index contributed by atoms with van der Waals surface area (Å²) < 4.78 is 1.11. The molecule has 4 rings (SSSR count). The maximum absolute atomic E-state index is 13.8. The van der Waals surface area contributed by atoms with E-state index in [-0.39, 0.29) is 5.91 Å². The minimum atomic E-state index is -0.00874. The molecule has 0 saturated heterocycles. The van der Waals surface area contributed by atoms with Crippen LogP contribution in [-0.4, -0.2) is 16.6 Å². The minimum absolute atomic E-state index is 0.00874. The number of benzene rings is 3. The first-order valence-corrected chi connectivity index (χ1v) is 12.4. The molecule has 31 heavy (non-hydrogen) atoms. The zero-order chi connectivity index (χ0) is 21.8. The normalized spacial score (nSPS) is 11.2. The summed E-state index contributed by atoms with van der Waals surface area (Å²) in [7, 11) is 0. The number of anilines is 1. The maximum Gasteiger partial charge on any atom is 0.261 e. The van der Waals surface area contributed by atoms with Crippen LogP contribution in [0.3, 0.4) is 0 Å². The van der Waals surface area contributed by atoms with Gasteiger partial charge >= 0.3 is 0 Å². The number of thiazole rings is 1. The summed E-state index contributed by atoms with van der Waals surface area (Å²) in [6.45, 7) is 6.95. The maximum atomic E-state index is 13.8. The van der Waals surface area contributed by atoms with E-state index in [1.165, 1.54) is 5.56 Å². The Labute approximate surface area is 192 Å². The van der Waals surface area contributed by atoms with Crippen molar-refractivity contribution in [3.8, 4) is 0 Å². The molecular weight excluding hydrogens is 420 g/mol. The van der Waals surface area contributed by atoms with Crippen molar-refractivity contribution in [3.63, 3.8) is 0 Å². The van der Waals surface area contributed by atoms with E-state index in [1.54, 1.807) is 23.1 Å². The first-order chi connectivity index (χ1) is 15.1. The summed E-state index contributed by atoms with van der Waals surface area (Å²) in [5.74, 6) is 1.28. The van der Waals surface area contributed by atoms with Gasteiger partial charge in [0.1, 0.15) is 0 Å². The third kappa shape index (κ3) is 4.68. The van der Waals surface area contributed by atoms with Crippen LogP contribution < -0.4 is 4.90 Å². The molecule has 1 amide bonds. The topological polar surface area (TPSA) is 33.2 Å². The predicted molar refractivity (Wildman–Crippen MR) is 134 cm³/mol. The highest BCUT2D eigenvalue weighted by Crippen LogP contribution is 2.35. The van der Waals surface area contributed by atoms with Crippen LogP contribution in [0, 0.1) is 0 Å². The SMILES string of the molecule is CCSc1ccccc1C(=O)N(Cc1ccccc1)c1nc2c(C(C)C)cccc2s1. The van der Waals surface area contributed by atoms with Gasteiger partial charge in [-0.05, 0) is 41.0 Å². The Morgan fingerprint density at radius 3 is 2.48 bits per heavy atom. The van der Waals surface area contributed by atoms with Crippen LogP contribution in [0.1, 0.15) is 48.2 Å². The van der Waals surface area contributed by atoms with Gasteiger partial charge in [0.25, 0.3) is 5.91 Å². The zero-order valence-corrected chi connectivity index (χ0v) is 19.7. The van der Waals surface area contributed by atoms with E-state index in [2.05, 4.69) is 51.1 Å². The number of carbonyl (C=O) groups excluding carboxylic acids is 1. The molecule has 0 saturated carbocycles. The highest BCUT2D eigenvalue weighted by Gasteiger charge is 2.24. The first-order valence-electron chi connectivity index (χ1n) is 10.6. The van der Waals surface area contributed by atoms with Crippen molar-refractivity contribution >= 4 is 44.4 Å². The lowest BCUT2D eigenvalue weighted by Crippen LogP contribution is -2.30. The number of carbonyl (C=O) groups is 1. The molecule has 1 aromatic heterocycles. The van der Waals surface area contributed by atoms with Gasteiger partial charge in [-0.25, -0.2) is 4.98 Å². The van der Waals surface area contributed by atoms with Crippen molar-refractivity contribution in [1.29, 1.82) is 0 Å². The lowest BCUT2D eigenvalue weighted by molar-refractivity contribution is 0.0982. The van der Waals surface area contributed by atoms with Crippen LogP contribution in [0.5, 0.6) is 0 Å². The van der Waals surface area contributed by atoms with E-state index >= 15 is 0 Å². The molecule has 158 valence electrons. The van der Waals surface area contributed by atoms with Crippen LogP contribution in [0.2, 0.25) is 0 Å². The summed E-state index contributed by atoms with van der Waals surface area (Å²) in [5.41, 5.74) is 4.03. The summed E-state index contributed by atoms with van der Waals surface area (Å²) in [4.78, 5) is 21.6. The van der Waals surface area contributed by atoms with Crippen molar-refractivity contribution in [2.75, 3.05) is 10.7 Å². The van der Waals surface area contributed by atoms with E-state index in [0.29, 0.717) is 12.5 Å². The largest absolute Gasteiger partial charge is 0.279 e. The molecule has 0 radical (unpaired) electrons. The van der Waals surface area contributed by atoms with Crippen molar-refractivity contribution in [3.05, 3.63) is 89.5 Å². The number of nitrogens with zero attached hydrogens (tertiary/aromatic N) is 2. The second kappa shape index (κ2) is 9.67. The fraction of sp³-hybridized carbons (Fsp3) is 0.231. The molecule has 0 fully saturated rings. The van der Waals surface area contributed by atoms with Crippen LogP contribution in [0.15, 0.2) is 77.7 Å². The second-order valence-electron chi connectivity index (χ2n) is 7.65. The molecule has 3 nitrogen and oxygen atoms in total. The number of rotatable bonds is 7. The fourth-order valence-electron chi connectivity index (χ4n) is 3.60. The number of amides is 1. The van der Waals surface area contributed by atoms with Gasteiger partial charge in [-0.2, -0.15) is 0 Å². The standard InChI is InChI=1S/C26H26N2OS2/c1-4-30-22-15-9-8-13-21(22)25(29)28(17-19-11-6-5-7-12-19)26-27-24-20(18(2)3)14-10-16-23(24)31-26/h5-16,18H,4,17H2,1-3H3. The Bertz CT molecular complexity index is 1180. The van der Waals surface area contributed by atoms with E-state index in [9.17, 15) is 4.79 Å². The molecule has 0 spiro atoms. The quantitative estimate of drug-likeness (QED) is 0.278. The van der Waals surface area contributed by atoms with E-state index in [4.69, 9.17) is 4.98 Å². The number of para-hydroxylation sites is 1. The number of hydrogen-bond donors (Lipinski definition) is 0. The third-order valence-electron chi connectivity index (χ3n) is 5.14. The summed E-state index contributed by atoms with van der Waals surface area (Å²) in [6, 6.07) is 24.3. The fourth-order valence-corrected chi connectivity index (χ4v) is 5.40. The summed E-state index contributed by atoms with van der Waals surface area (Å²) in [6.07, 6.45) is 0. The van der Waals surface area contributed by atoms with Crippen molar-refractivity contribution in [1.82, 2.24) is 4.98 Å². The van der Waals surface area contributed by atoms with Crippen LogP contribution in [-0.2, 0) is 6.54 Å². The lowest BCUT2D eigenvalue weighted by atomic mass is 10.0. The van der Waals surface area contributed by atoms with Crippen LogP contribution >= 0.6 is 23.1 Å². The predicted octanol–water partition coefficient (Wildman–Crippen LogP) is 7.38. The Hall–Kier alpha value is -2.63. The highest BCUT2D eigenvalue weighted by atomic mass is 32.2. The third-order valence-corrected chi connectivity index (χ3v) is 7.14. The number of hydrogen-bond acceptors (Lipinski definition) is 4. The minimum Gasteiger partial charge on any atom is -0.279 e. The van der Waals surface area contributed by atoms with Gasteiger partial charge in [-0.15, -0.1) is 11.8 Å². The second-order valence-corrected chi connectivity index (χ2v) is 9.97. The number of thioether (sulfide) groups is 1. The van der Waals surface area contributed by atoms with E-state index in [1.807, 2.05) is 47.4 Å². The molecule has 4 aromatic rings. The molecule has 0 N–H and O–H groups in total. The van der Waals surface area contributed by atoms with Crippen molar-refractivity contribution in [2.24, 2.45) is 0 Å². The molecule has 0 aliphatic rings. The van der Waals surface area contributed by atoms with Crippen LogP contribution in [0.4, 0.5) is 5.13 Å². The van der Waals surface area contributed by atoms with Gasteiger partial charge in [0.2, 0.25) is 0 Å². The van der Waals surface area contributed by atoms with E-state index < -0.39 is 0 Å². The monoisotopic (exact) mass is 446 g/mol. The Balaban J connectivity index is 1.81. The molecule has 3 aromatic carbocycles. The molecular formula is C26H26N2OS2. The Morgan fingerprint density at radius 1 is 1.00 bits per heavy atom. The average Bonchev–Trinajstić information content (AvgIpc) is 3.22. The Morgan fingerprint density at radius 2 is 1.74 bits per heavy atom. The summed E-state index contributed by atoms with van der Waals surface area (Å²) >= 11 is 3.28. The highest BCUT2D eigenvalue weighted by molar-refractivity contribution is 7.99. The molecule has 1 heterocycles. The van der Waals surface area contributed by atoms with Crippen molar-refractivity contribution in [2.45, 2.75) is 38.1 Å². The van der Waals surface area contributed by atoms with Gasteiger partial charge in [-0.1, -0.05) is 86.7 Å². The average molecular weight is 447 g/mol. The summed E-state index contributed by atoms with van der Waals surface area (Å²) in [5, 5.41) is 0.744. The Kier molecular flexibility index (Phi) is 6.73. The van der Waals surface area contributed by atoms with Gasteiger partial charge < -0.3 is 0 Å². The molecule has 0 atom stereocenters. The number of fused-ring (bicyclic) bond motifs is 1. The van der Waals surface area contributed by atoms with Crippen LogP contribution in [0.25, 0.3) is 10.2 Å². The zero-order valence-electron chi connectivity index (χ0n) is 18.0. The molecule has 0 aliphatic heterocycles. The van der Waals surface area contributed by atoms with Gasteiger partial charge in [0.05, 0.1) is 22.3 Å². The number of aromatic nitrogens is 1. The molecule has 0 bridgehead atoms.